The lowest BCUT2D eigenvalue weighted by molar-refractivity contribution is 0.199. The van der Waals surface area contributed by atoms with Crippen LogP contribution in [0.4, 0.5) is 0 Å². The molecule has 1 aliphatic carbocycles. The van der Waals surface area contributed by atoms with Crippen LogP contribution in [-0.4, -0.2) is 32.5 Å². The van der Waals surface area contributed by atoms with Gasteiger partial charge in [-0.25, -0.2) is 8.42 Å². The van der Waals surface area contributed by atoms with E-state index in [4.69, 9.17) is 0 Å². The zero-order valence-corrected chi connectivity index (χ0v) is 11.6. The highest BCUT2D eigenvalue weighted by molar-refractivity contribution is 7.92. The van der Waals surface area contributed by atoms with Crippen LogP contribution in [0.5, 0.6) is 0 Å². The SMILES string of the molecule is CCCNCC1(S(C)(=O)=O)CC(CCC)C1. The van der Waals surface area contributed by atoms with Gasteiger partial charge in [-0.1, -0.05) is 26.7 Å². The lowest BCUT2D eigenvalue weighted by atomic mass is 9.72. The summed E-state index contributed by atoms with van der Waals surface area (Å²) in [6.07, 6.45) is 6.49. The highest BCUT2D eigenvalue weighted by atomic mass is 32.2. The first-order valence-corrected chi connectivity index (χ1v) is 8.24. The second-order valence-corrected chi connectivity index (χ2v) is 7.61. The molecule has 0 aliphatic heterocycles. The molecule has 0 heterocycles. The van der Waals surface area contributed by atoms with Crippen molar-refractivity contribution >= 4 is 9.84 Å². The number of rotatable bonds is 7. The summed E-state index contributed by atoms with van der Waals surface area (Å²) in [4.78, 5) is 0. The lowest BCUT2D eigenvalue weighted by Crippen LogP contribution is -2.56. The van der Waals surface area contributed by atoms with E-state index in [1.807, 2.05) is 0 Å². The Labute approximate surface area is 99.9 Å². The average Bonchev–Trinajstić information content (AvgIpc) is 2.11. The van der Waals surface area contributed by atoms with Crippen LogP contribution in [0.3, 0.4) is 0 Å². The second kappa shape index (κ2) is 5.50. The fraction of sp³-hybridized carbons (Fsp3) is 1.00. The van der Waals surface area contributed by atoms with Gasteiger partial charge in [-0.05, 0) is 31.7 Å². The van der Waals surface area contributed by atoms with Crippen molar-refractivity contribution in [3.63, 3.8) is 0 Å². The first kappa shape index (κ1) is 14.0. The first-order valence-electron chi connectivity index (χ1n) is 6.35. The minimum Gasteiger partial charge on any atom is -0.315 e. The van der Waals surface area contributed by atoms with E-state index in [9.17, 15) is 8.42 Å². The van der Waals surface area contributed by atoms with Crippen molar-refractivity contribution < 1.29 is 8.42 Å². The molecule has 0 aromatic heterocycles. The van der Waals surface area contributed by atoms with Crippen LogP contribution < -0.4 is 5.32 Å². The molecule has 3 nitrogen and oxygen atoms in total. The van der Waals surface area contributed by atoms with Crippen LogP contribution in [0.2, 0.25) is 0 Å². The van der Waals surface area contributed by atoms with Gasteiger partial charge in [0.05, 0.1) is 4.75 Å². The maximum Gasteiger partial charge on any atom is 0.154 e. The molecule has 1 aliphatic rings. The number of hydrogen-bond donors (Lipinski definition) is 1. The van der Waals surface area contributed by atoms with Crippen LogP contribution in [-0.2, 0) is 9.84 Å². The third-order valence-electron chi connectivity index (χ3n) is 3.68. The van der Waals surface area contributed by atoms with Crippen LogP contribution in [0.25, 0.3) is 0 Å². The Morgan fingerprint density at radius 2 is 1.88 bits per heavy atom. The zero-order valence-electron chi connectivity index (χ0n) is 10.8. The summed E-state index contributed by atoms with van der Waals surface area (Å²) < 4.78 is 23.2. The molecule has 0 aromatic rings. The van der Waals surface area contributed by atoms with Gasteiger partial charge in [0.1, 0.15) is 0 Å². The van der Waals surface area contributed by atoms with E-state index in [2.05, 4.69) is 19.2 Å². The van der Waals surface area contributed by atoms with E-state index in [1.165, 1.54) is 12.7 Å². The molecular weight excluding hydrogens is 222 g/mol. The molecule has 0 aromatic carbocycles. The largest absolute Gasteiger partial charge is 0.315 e. The Kier molecular flexibility index (Phi) is 4.80. The van der Waals surface area contributed by atoms with E-state index in [0.717, 1.165) is 32.2 Å². The van der Waals surface area contributed by atoms with Gasteiger partial charge >= 0.3 is 0 Å². The second-order valence-electron chi connectivity index (χ2n) is 5.19. The van der Waals surface area contributed by atoms with Crippen molar-refractivity contribution in [2.45, 2.75) is 50.7 Å². The van der Waals surface area contributed by atoms with E-state index in [-0.39, 0.29) is 0 Å². The van der Waals surface area contributed by atoms with E-state index in [1.54, 1.807) is 0 Å². The summed E-state index contributed by atoms with van der Waals surface area (Å²) >= 11 is 0. The Balaban J connectivity index is 2.54. The smallest absolute Gasteiger partial charge is 0.154 e. The molecule has 0 spiro atoms. The summed E-state index contributed by atoms with van der Waals surface area (Å²) in [7, 11) is -2.92. The van der Waals surface area contributed by atoms with Crippen LogP contribution in [0.1, 0.15) is 46.0 Å². The maximum atomic E-state index is 11.8. The van der Waals surface area contributed by atoms with Crippen LogP contribution in [0, 0.1) is 5.92 Å². The Bertz CT molecular complexity index is 299. The monoisotopic (exact) mass is 247 g/mol. The molecule has 0 amide bonds. The average molecular weight is 247 g/mol. The molecule has 1 N–H and O–H groups in total. The summed E-state index contributed by atoms with van der Waals surface area (Å²) in [5.41, 5.74) is 0. The molecule has 0 saturated heterocycles. The van der Waals surface area contributed by atoms with Crippen molar-refractivity contribution in [3.05, 3.63) is 0 Å². The van der Waals surface area contributed by atoms with Crippen LogP contribution >= 0.6 is 0 Å². The van der Waals surface area contributed by atoms with Gasteiger partial charge in [-0.2, -0.15) is 0 Å². The van der Waals surface area contributed by atoms with E-state index < -0.39 is 14.6 Å². The van der Waals surface area contributed by atoms with Gasteiger partial charge in [-0.15, -0.1) is 0 Å². The van der Waals surface area contributed by atoms with Gasteiger partial charge in [0.2, 0.25) is 0 Å². The molecule has 16 heavy (non-hydrogen) atoms. The minimum atomic E-state index is -2.92. The Morgan fingerprint density at radius 1 is 1.25 bits per heavy atom. The highest BCUT2D eigenvalue weighted by Gasteiger charge is 2.50. The quantitative estimate of drug-likeness (QED) is 0.700. The lowest BCUT2D eigenvalue weighted by Gasteiger charge is -2.46. The fourth-order valence-corrected chi connectivity index (χ4v) is 4.12. The molecular formula is C12H25NO2S. The van der Waals surface area contributed by atoms with Crippen molar-refractivity contribution in [1.29, 1.82) is 0 Å². The topological polar surface area (TPSA) is 46.2 Å². The van der Waals surface area contributed by atoms with Crippen molar-refractivity contribution in [3.8, 4) is 0 Å². The Hall–Kier alpha value is -0.0900. The van der Waals surface area contributed by atoms with Gasteiger partial charge < -0.3 is 5.32 Å². The number of nitrogens with one attached hydrogen (secondary N) is 1. The van der Waals surface area contributed by atoms with Crippen molar-refractivity contribution in [2.24, 2.45) is 5.92 Å². The van der Waals surface area contributed by atoms with Crippen molar-refractivity contribution in [1.82, 2.24) is 5.32 Å². The van der Waals surface area contributed by atoms with E-state index in [0.29, 0.717) is 12.5 Å². The molecule has 1 fully saturated rings. The van der Waals surface area contributed by atoms with Gasteiger partial charge in [0.25, 0.3) is 0 Å². The molecule has 1 rings (SSSR count). The zero-order chi connectivity index (χ0) is 12.2. The number of hydrogen-bond acceptors (Lipinski definition) is 3. The highest BCUT2D eigenvalue weighted by Crippen LogP contribution is 2.45. The molecule has 1 saturated carbocycles. The van der Waals surface area contributed by atoms with Gasteiger partial charge in [-0.3, -0.25) is 0 Å². The number of sulfone groups is 1. The van der Waals surface area contributed by atoms with Crippen LogP contribution in [0.15, 0.2) is 0 Å². The minimum absolute atomic E-state index is 0.456. The fourth-order valence-electron chi connectivity index (χ4n) is 2.68. The maximum absolute atomic E-state index is 11.8. The molecule has 0 atom stereocenters. The van der Waals surface area contributed by atoms with Gasteiger partial charge in [0.15, 0.2) is 9.84 Å². The molecule has 0 bridgehead atoms. The summed E-state index contributed by atoms with van der Waals surface area (Å²) in [5.74, 6) is 0.628. The van der Waals surface area contributed by atoms with E-state index >= 15 is 0 Å². The third-order valence-corrected chi connectivity index (χ3v) is 5.73. The molecule has 96 valence electrons. The third kappa shape index (κ3) is 2.98. The van der Waals surface area contributed by atoms with Crippen molar-refractivity contribution in [2.75, 3.05) is 19.3 Å². The van der Waals surface area contributed by atoms with Gasteiger partial charge in [0, 0.05) is 12.8 Å². The molecule has 4 heteroatoms. The summed E-state index contributed by atoms with van der Waals surface area (Å²) in [6, 6.07) is 0. The Morgan fingerprint density at radius 3 is 2.31 bits per heavy atom. The summed E-state index contributed by atoms with van der Waals surface area (Å²) in [5, 5.41) is 3.27. The first-order chi connectivity index (χ1) is 7.45. The standard InChI is InChI=1S/C12H25NO2S/c1-4-6-11-8-12(9-11,16(3,14)15)10-13-7-5-2/h11,13H,4-10H2,1-3H3. The summed E-state index contributed by atoms with van der Waals surface area (Å²) in [6.45, 7) is 5.81. The normalized spacial score (nSPS) is 30.1. The molecule has 0 radical (unpaired) electrons. The predicted molar refractivity (Wildman–Crippen MR) is 68.4 cm³/mol. The predicted octanol–water partition coefficient (Wildman–Crippen LogP) is 1.98. The molecule has 0 unspecified atom stereocenters.